The first-order chi connectivity index (χ1) is 5.63. The zero-order chi connectivity index (χ0) is 9.14. The highest BCUT2D eigenvalue weighted by molar-refractivity contribution is 6.06. The van der Waals surface area contributed by atoms with Crippen molar-refractivity contribution in [1.29, 1.82) is 0 Å². The first-order valence-corrected chi connectivity index (χ1v) is 3.31. The molecule has 0 aliphatic heterocycles. The van der Waals surface area contributed by atoms with Gasteiger partial charge in [-0.25, -0.2) is 0 Å². The SMILES string of the molecule is Cl.NC(=O)c1ccccc1C(N)=O. The highest BCUT2D eigenvalue weighted by atomic mass is 35.5. The maximum atomic E-state index is 10.7. The normalized spacial score (nSPS) is 8.62. The first kappa shape index (κ1) is 11.4. The number of rotatable bonds is 2. The second-order valence-corrected chi connectivity index (χ2v) is 2.27. The minimum Gasteiger partial charge on any atom is -0.366 e. The van der Waals surface area contributed by atoms with Gasteiger partial charge in [0, 0.05) is 0 Å². The summed E-state index contributed by atoms with van der Waals surface area (Å²) in [5.41, 5.74) is 10.3. The van der Waals surface area contributed by atoms with Crippen LogP contribution in [0.2, 0.25) is 0 Å². The fourth-order valence-corrected chi connectivity index (χ4v) is 0.913. The fourth-order valence-electron chi connectivity index (χ4n) is 0.913. The Balaban J connectivity index is 0.00000144. The molecule has 0 saturated heterocycles. The van der Waals surface area contributed by atoms with Crippen LogP contribution in [0.5, 0.6) is 0 Å². The molecule has 0 saturated carbocycles. The van der Waals surface area contributed by atoms with Crippen LogP contribution >= 0.6 is 12.4 Å². The molecule has 5 heteroatoms. The number of amides is 2. The molecule has 70 valence electrons. The van der Waals surface area contributed by atoms with Gasteiger partial charge in [-0.15, -0.1) is 12.4 Å². The highest BCUT2D eigenvalue weighted by Crippen LogP contribution is 2.06. The molecule has 0 fully saturated rings. The van der Waals surface area contributed by atoms with Crippen molar-refractivity contribution in [1.82, 2.24) is 0 Å². The molecule has 2 amide bonds. The molecular weight excluding hydrogens is 192 g/mol. The number of primary amides is 2. The maximum absolute atomic E-state index is 10.7. The van der Waals surface area contributed by atoms with Crippen molar-refractivity contribution < 1.29 is 9.59 Å². The van der Waals surface area contributed by atoms with Crippen molar-refractivity contribution in [2.24, 2.45) is 11.5 Å². The van der Waals surface area contributed by atoms with Crippen LogP contribution in [-0.2, 0) is 0 Å². The molecule has 1 aromatic carbocycles. The van der Waals surface area contributed by atoms with Gasteiger partial charge in [-0.05, 0) is 12.1 Å². The van der Waals surface area contributed by atoms with Gasteiger partial charge in [-0.2, -0.15) is 0 Å². The van der Waals surface area contributed by atoms with Crippen LogP contribution in [-0.4, -0.2) is 11.8 Å². The van der Waals surface area contributed by atoms with Crippen molar-refractivity contribution in [3.63, 3.8) is 0 Å². The molecular formula is C8H9ClN2O2. The fraction of sp³-hybridized carbons (Fsp3) is 0. The first-order valence-electron chi connectivity index (χ1n) is 3.31. The molecule has 0 spiro atoms. The lowest BCUT2D eigenvalue weighted by Crippen LogP contribution is -2.20. The molecule has 0 bridgehead atoms. The van der Waals surface area contributed by atoms with Crippen LogP contribution in [0.3, 0.4) is 0 Å². The van der Waals surface area contributed by atoms with Gasteiger partial charge in [0.05, 0.1) is 11.1 Å². The largest absolute Gasteiger partial charge is 0.366 e. The standard InChI is InChI=1S/C8H8N2O2.ClH/c9-7(11)5-3-1-2-4-6(5)8(10)12;/h1-4H,(H2,9,11)(H2,10,12);1H. The van der Waals surface area contributed by atoms with E-state index < -0.39 is 11.8 Å². The third-order valence-electron chi connectivity index (χ3n) is 1.46. The van der Waals surface area contributed by atoms with Gasteiger partial charge in [0.25, 0.3) is 0 Å². The number of halogens is 1. The Labute approximate surface area is 81.3 Å². The third-order valence-corrected chi connectivity index (χ3v) is 1.46. The number of hydrogen-bond acceptors (Lipinski definition) is 2. The topological polar surface area (TPSA) is 86.2 Å². The summed E-state index contributed by atoms with van der Waals surface area (Å²) in [6.07, 6.45) is 0. The van der Waals surface area contributed by atoms with Crippen molar-refractivity contribution in [2.75, 3.05) is 0 Å². The lowest BCUT2D eigenvalue weighted by atomic mass is 10.1. The summed E-state index contributed by atoms with van der Waals surface area (Å²) in [5, 5.41) is 0. The van der Waals surface area contributed by atoms with Crippen LogP contribution in [0.1, 0.15) is 20.7 Å². The van der Waals surface area contributed by atoms with Crippen LogP contribution in [0, 0.1) is 0 Å². The van der Waals surface area contributed by atoms with E-state index in [1.165, 1.54) is 12.1 Å². The van der Waals surface area contributed by atoms with Gasteiger partial charge >= 0.3 is 0 Å². The number of carbonyl (C=O) groups is 2. The summed E-state index contributed by atoms with van der Waals surface area (Å²) in [5.74, 6) is -1.30. The quantitative estimate of drug-likeness (QED) is 0.720. The van der Waals surface area contributed by atoms with Crippen molar-refractivity contribution >= 4 is 24.2 Å². The summed E-state index contributed by atoms with van der Waals surface area (Å²) in [6.45, 7) is 0. The van der Waals surface area contributed by atoms with Crippen molar-refractivity contribution in [3.8, 4) is 0 Å². The average molecular weight is 201 g/mol. The van der Waals surface area contributed by atoms with E-state index >= 15 is 0 Å². The zero-order valence-electron chi connectivity index (χ0n) is 6.69. The number of nitrogens with two attached hydrogens (primary N) is 2. The molecule has 0 aliphatic carbocycles. The predicted octanol–water partition coefficient (Wildman–Crippen LogP) is 0.306. The van der Waals surface area contributed by atoms with E-state index in [0.29, 0.717) is 0 Å². The molecule has 1 rings (SSSR count). The van der Waals surface area contributed by atoms with Crippen molar-refractivity contribution in [3.05, 3.63) is 35.4 Å². The van der Waals surface area contributed by atoms with Gasteiger partial charge in [-0.1, -0.05) is 12.1 Å². The van der Waals surface area contributed by atoms with Gasteiger partial charge in [0.1, 0.15) is 0 Å². The molecule has 0 aliphatic rings. The van der Waals surface area contributed by atoms with Crippen LogP contribution in [0.4, 0.5) is 0 Å². The van der Waals surface area contributed by atoms with Crippen LogP contribution in [0.25, 0.3) is 0 Å². The zero-order valence-corrected chi connectivity index (χ0v) is 7.51. The molecule has 0 radical (unpaired) electrons. The van der Waals surface area contributed by atoms with Gasteiger partial charge < -0.3 is 11.5 Å². The Morgan fingerprint density at radius 3 is 1.46 bits per heavy atom. The maximum Gasteiger partial charge on any atom is 0.249 e. The lowest BCUT2D eigenvalue weighted by molar-refractivity contribution is 0.0967. The minimum absolute atomic E-state index is 0. The third kappa shape index (κ3) is 2.45. The Morgan fingerprint density at radius 2 is 1.23 bits per heavy atom. The number of hydrogen-bond donors (Lipinski definition) is 2. The molecule has 4 nitrogen and oxygen atoms in total. The monoisotopic (exact) mass is 200 g/mol. The minimum atomic E-state index is -0.649. The molecule has 0 unspecified atom stereocenters. The number of benzene rings is 1. The van der Waals surface area contributed by atoms with E-state index in [0.717, 1.165) is 0 Å². The molecule has 0 heterocycles. The summed E-state index contributed by atoms with van der Waals surface area (Å²) in [6, 6.07) is 6.16. The van der Waals surface area contributed by atoms with E-state index in [1.54, 1.807) is 12.1 Å². The lowest BCUT2D eigenvalue weighted by Gasteiger charge is -2.00. The molecule has 13 heavy (non-hydrogen) atoms. The molecule has 0 aromatic heterocycles. The van der Waals surface area contributed by atoms with Crippen LogP contribution < -0.4 is 11.5 Å². The van der Waals surface area contributed by atoms with E-state index in [4.69, 9.17) is 11.5 Å². The van der Waals surface area contributed by atoms with E-state index in [2.05, 4.69) is 0 Å². The Kier molecular flexibility index (Phi) is 3.94. The summed E-state index contributed by atoms with van der Waals surface area (Å²) in [4.78, 5) is 21.5. The van der Waals surface area contributed by atoms with Crippen molar-refractivity contribution in [2.45, 2.75) is 0 Å². The van der Waals surface area contributed by atoms with Gasteiger partial charge in [0.2, 0.25) is 11.8 Å². The van der Waals surface area contributed by atoms with Gasteiger partial charge in [-0.3, -0.25) is 9.59 Å². The second kappa shape index (κ2) is 4.47. The molecule has 0 atom stereocenters. The Morgan fingerprint density at radius 1 is 0.923 bits per heavy atom. The Bertz CT molecular complexity index is 306. The highest BCUT2D eigenvalue weighted by Gasteiger charge is 2.10. The second-order valence-electron chi connectivity index (χ2n) is 2.27. The average Bonchev–Trinajstić information content (AvgIpc) is 2.04. The molecule has 1 aromatic rings. The predicted molar refractivity (Wildman–Crippen MR) is 50.7 cm³/mol. The van der Waals surface area contributed by atoms with Gasteiger partial charge in [0.15, 0.2) is 0 Å². The molecule has 4 N–H and O–H groups in total. The smallest absolute Gasteiger partial charge is 0.249 e. The van der Waals surface area contributed by atoms with E-state index in [9.17, 15) is 9.59 Å². The summed E-state index contributed by atoms with van der Waals surface area (Å²) >= 11 is 0. The van der Waals surface area contributed by atoms with Crippen LogP contribution in [0.15, 0.2) is 24.3 Å². The summed E-state index contributed by atoms with van der Waals surface area (Å²) in [7, 11) is 0. The van der Waals surface area contributed by atoms with E-state index in [1.807, 2.05) is 0 Å². The number of carbonyl (C=O) groups excluding carboxylic acids is 2. The van der Waals surface area contributed by atoms with E-state index in [-0.39, 0.29) is 23.5 Å². The summed E-state index contributed by atoms with van der Waals surface area (Å²) < 4.78 is 0. The Hall–Kier alpha value is -1.55.